The smallest absolute Gasteiger partial charge is 0.308 e. The van der Waals surface area contributed by atoms with E-state index in [0.717, 1.165) is 75.3 Å². The highest BCUT2D eigenvalue weighted by molar-refractivity contribution is 5.99. The second-order valence-corrected chi connectivity index (χ2v) is 15.4. The second-order valence-electron chi connectivity index (χ2n) is 15.4. The lowest BCUT2D eigenvalue weighted by molar-refractivity contribution is -0.189. The van der Waals surface area contributed by atoms with Crippen molar-refractivity contribution in [1.82, 2.24) is 9.80 Å². The molecule has 0 atom stereocenters. The summed E-state index contributed by atoms with van der Waals surface area (Å²) in [6, 6.07) is 33.3. The number of carboxylic acid groups (broad SMARTS) is 2. The molecule has 10 nitrogen and oxygen atoms in total. The number of hydrogen-bond acceptors (Lipinski definition) is 6. The molecular formula is C46H50N2O8. The van der Waals surface area contributed by atoms with Gasteiger partial charge < -0.3 is 29.5 Å². The summed E-state index contributed by atoms with van der Waals surface area (Å²) in [6.07, 6.45) is 8.75. The third-order valence-corrected chi connectivity index (χ3v) is 11.8. The van der Waals surface area contributed by atoms with Crippen molar-refractivity contribution in [3.05, 3.63) is 120 Å². The van der Waals surface area contributed by atoms with Crippen LogP contribution in [-0.2, 0) is 32.3 Å². The Hall–Kier alpha value is -5.64. The molecule has 3 fully saturated rings. The molecule has 2 N–H and O–H groups in total. The number of carbonyl (C=O) groups is 4. The third kappa shape index (κ3) is 8.91. The lowest BCUT2D eigenvalue weighted by Gasteiger charge is -2.50. The van der Waals surface area contributed by atoms with E-state index in [1.807, 2.05) is 109 Å². The van der Waals surface area contributed by atoms with Gasteiger partial charge in [-0.25, -0.2) is 0 Å². The molecule has 0 saturated heterocycles. The van der Waals surface area contributed by atoms with Gasteiger partial charge >= 0.3 is 11.9 Å². The molecule has 4 aromatic rings. The maximum Gasteiger partial charge on any atom is 0.308 e. The van der Waals surface area contributed by atoms with Crippen LogP contribution in [0.1, 0.15) is 75.3 Å². The summed E-state index contributed by atoms with van der Waals surface area (Å²) in [5.74, 6) is -6.68. The summed E-state index contributed by atoms with van der Waals surface area (Å²) >= 11 is 0. The van der Waals surface area contributed by atoms with Crippen LogP contribution in [0, 0.1) is 23.7 Å². The maximum atomic E-state index is 14.7. The number of ether oxygens (including phenoxy) is 2. The molecule has 0 spiro atoms. The van der Waals surface area contributed by atoms with Crippen molar-refractivity contribution in [3.63, 3.8) is 0 Å². The zero-order chi connectivity index (χ0) is 39.0. The van der Waals surface area contributed by atoms with Gasteiger partial charge in [-0.15, -0.1) is 0 Å². The Morgan fingerprint density at radius 2 is 0.768 bits per heavy atom. The third-order valence-electron chi connectivity index (χ3n) is 11.8. The number of carboxylic acids is 2. The van der Waals surface area contributed by atoms with Crippen molar-refractivity contribution in [3.8, 4) is 23.0 Å². The van der Waals surface area contributed by atoms with Gasteiger partial charge in [0.15, 0.2) is 0 Å². The molecule has 2 amide bonds. The van der Waals surface area contributed by atoms with E-state index in [-0.39, 0.29) is 25.2 Å². The van der Waals surface area contributed by atoms with Crippen molar-refractivity contribution in [2.24, 2.45) is 23.7 Å². The normalized spacial score (nSPS) is 21.3. The summed E-state index contributed by atoms with van der Waals surface area (Å²) in [6.45, 7) is 0.391. The standard InChI is InChI=1S/C46H50N2O8/c49-43(47(33-13-5-1-6-14-33)29-31-21-25-37(26-22-31)55-35-17-9-3-10-18-35)39-41(45(51)52)40(42(39)46(53)54)44(50)48(34-15-7-2-8-16-34)30-32-23-27-38(28-24-32)56-36-19-11-4-12-20-36/h3-4,9-12,17-28,33-34,39-42H,1-2,5-8,13-16,29-30H2,(H,51,52)(H,53,54). The van der Waals surface area contributed by atoms with Gasteiger partial charge in [-0.3, -0.25) is 19.2 Å². The van der Waals surface area contributed by atoms with Crippen LogP contribution in [0.4, 0.5) is 0 Å². The number of aliphatic carboxylic acids is 2. The summed E-state index contributed by atoms with van der Waals surface area (Å²) < 4.78 is 11.9. The Kier molecular flexibility index (Phi) is 12.3. The molecule has 292 valence electrons. The van der Waals surface area contributed by atoms with E-state index < -0.39 is 47.4 Å². The molecule has 0 aromatic heterocycles. The van der Waals surface area contributed by atoms with Gasteiger partial charge in [0.05, 0.1) is 23.7 Å². The minimum atomic E-state index is -1.46. The highest BCUT2D eigenvalue weighted by Gasteiger charge is 2.65. The Morgan fingerprint density at radius 3 is 1.09 bits per heavy atom. The molecule has 7 rings (SSSR count). The van der Waals surface area contributed by atoms with Crippen LogP contribution in [0.25, 0.3) is 0 Å². The topological polar surface area (TPSA) is 134 Å². The van der Waals surface area contributed by atoms with Crippen LogP contribution in [0.3, 0.4) is 0 Å². The first kappa shape index (κ1) is 38.6. The lowest BCUT2D eigenvalue weighted by atomic mass is 9.55. The number of benzene rings is 4. The van der Waals surface area contributed by atoms with E-state index in [1.54, 1.807) is 9.80 Å². The molecule has 0 bridgehead atoms. The molecule has 0 radical (unpaired) electrons. The predicted octanol–water partition coefficient (Wildman–Crippen LogP) is 8.94. The SMILES string of the molecule is O=C(O)C1C(C(=O)N(Cc2ccc(Oc3ccccc3)cc2)C2CCCCC2)C(C(=O)O)C1C(=O)N(Cc1ccc(Oc2ccccc2)cc1)C1CCCCC1. The molecule has 3 aliphatic rings. The molecule has 4 aromatic carbocycles. The molecule has 3 saturated carbocycles. The average molecular weight is 759 g/mol. The minimum absolute atomic E-state index is 0.164. The summed E-state index contributed by atoms with van der Waals surface area (Å²) in [5.41, 5.74) is 1.64. The van der Waals surface area contributed by atoms with Gasteiger partial charge in [0.25, 0.3) is 0 Å². The van der Waals surface area contributed by atoms with Crippen molar-refractivity contribution in [1.29, 1.82) is 0 Å². The predicted molar refractivity (Wildman–Crippen MR) is 210 cm³/mol. The number of rotatable bonds is 14. The quantitative estimate of drug-likeness (QED) is 0.130. The number of para-hydroxylation sites is 2. The van der Waals surface area contributed by atoms with E-state index in [4.69, 9.17) is 9.47 Å². The fraction of sp³-hybridized carbons (Fsp3) is 0.391. The fourth-order valence-electron chi connectivity index (χ4n) is 8.89. The molecule has 0 heterocycles. The Balaban J connectivity index is 1.13. The van der Waals surface area contributed by atoms with E-state index in [9.17, 15) is 29.4 Å². The van der Waals surface area contributed by atoms with Gasteiger partial charge in [0.2, 0.25) is 11.8 Å². The zero-order valence-electron chi connectivity index (χ0n) is 31.6. The van der Waals surface area contributed by atoms with Crippen molar-refractivity contribution in [2.45, 2.75) is 89.4 Å². The second kappa shape index (κ2) is 17.9. The van der Waals surface area contributed by atoms with Gasteiger partial charge in [-0.1, -0.05) is 99.2 Å². The van der Waals surface area contributed by atoms with E-state index in [1.165, 1.54) is 0 Å². The lowest BCUT2D eigenvalue weighted by Crippen LogP contribution is -2.65. The molecule has 3 aliphatic carbocycles. The van der Waals surface area contributed by atoms with Crippen LogP contribution in [0.2, 0.25) is 0 Å². The van der Waals surface area contributed by atoms with Crippen molar-refractivity contribution < 1.29 is 38.9 Å². The first-order valence-corrected chi connectivity index (χ1v) is 20.0. The largest absolute Gasteiger partial charge is 0.481 e. The van der Waals surface area contributed by atoms with Crippen LogP contribution in [-0.4, -0.2) is 55.8 Å². The zero-order valence-corrected chi connectivity index (χ0v) is 31.6. The molecule has 56 heavy (non-hydrogen) atoms. The number of nitrogens with zero attached hydrogens (tertiary/aromatic N) is 2. The van der Waals surface area contributed by atoms with Crippen LogP contribution in [0.15, 0.2) is 109 Å². The molecule has 0 unspecified atom stereocenters. The number of amides is 2. The van der Waals surface area contributed by atoms with Gasteiger partial charge in [-0.2, -0.15) is 0 Å². The summed E-state index contributed by atoms with van der Waals surface area (Å²) in [7, 11) is 0. The average Bonchev–Trinajstić information content (AvgIpc) is 3.21. The first-order chi connectivity index (χ1) is 27.3. The van der Waals surface area contributed by atoms with Crippen LogP contribution < -0.4 is 9.47 Å². The summed E-state index contributed by atoms with van der Waals surface area (Å²) in [4.78, 5) is 59.0. The molecule has 0 aliphatic heterocycles. The Bertz CT molecular complexity index is 1790. The van der Waals surface area contributed by atoms with Gasteiger partial charge in [-0.05, 0) is 85.3 Å². The number of hydrogen-bond donors (Lipinski definition) is 2. The van der Waals surface area contributed by atoms with Gasteiger partial charge in [0.1, 0.15) is 23.0 Å². The maximum absolute atomic E-state index is 14.7. The highest BCUT2D eigenvalue weighted by Crippen LogP contribution is 2.50. The fourth-order valence-corrected chi connectivity index (χ4v) is 8.89. The van der Waals surface area contributed by atoms with Gasteiger partial charge in [0, 0.05) is 25.2 Å². The Labute approximate surface area is 328 Å². The monoisotopic (exact) mass is 758 g/mol. The van der Waals surface area contributed by atoms with E-state index in [2.05, 4.69) is 0 Å². The van der Waals surface area contributed by atoms with Crippen molar-refractivity contribution >= 4 is 23.8 Å². The first-order valence-electron chi connectivity index (χ1n) is 20.0. The molecular weight excluding hydrogens is 709 g/mol. The highest BCUT2D eigenvalue weighted by atomic mass is 16.5. The Morgan fingerprint density at radius 1 is 0.446 bits per heavy atom. The van der Waals surface area contributed by atoms with Crippen LogP contribution in [0.5, 0.6) is 23.0 Å². The number of carbonyl (C=O) groups excluding carboxylic acids is 2. The summed E-state index contributed by atoms with van der Waals surface area (Å²) in [5, 5.41) is 21.4. The minimum Gasteiger partial charge on any atom is -0.481 e. The van der Waals surface area contributed by atoms with E-state index >= 15 is 0 Å². The van der Waals surface area contributed by atoms with Crippen molar-refractivity contribution in [2.75, 3.05) is 0 Å². The van der Waals surface area contributed by atoms with Crippen LogP contribution >= 0.6 is 0 Å². The van der Waals surface area contributed by atoms with E-state index in [0.29, 0.717) is 23.0 Å². The molecule has 10 heteroatoms.